The number of carbonyl (C=O) groups is 1. The molecule has 1 unspecified atom stereocenters. The Bertz CT molecular complexity index is 530. The molecule has 1 atom stereocenters. The summed E-state index contributed by atoms with van der Waals surface area (Å²) < 4.78 is 22.9. The molecule has 1 aromatic rings. The summed E-state index contributed by atoms with van der Waals surface area (Å²) in [6, 6.07) is -0.241. The number of carbonyl (C=O) groups excluding carboxylic acids is 1. The van der Waals surface area contributed by atoms with Crippen LogP contribution in [0.25, 0.3) is 0 Å². The lowest BCUT2D eigenvalue weighted by molar-refractivity contribution is 0.0702. The van der Waals surface area contributed by atoms with Crippen molar-refractivity contribution in [2.45, 2.75) is 19.4 Å². The van der Waals surface area contributed by atoms with Gasteiger partial charge in [-0.15, -0.1) is 0 Å². The van der Waals surface area contributed by atoms with Crippen LogP contribution in [0, 0.1) is 0 Å². The van der Waals surface area contributed by atoms with Gasteiger partial charge in [0.2, 0.25) is 0 Å². The fourth-order valence-electron chi connectivity index (χ4n) is 2.15. The molecule has 2 rings (SSSR count). The van der Waals surface area contributed by atoms with Gasteiger partial charge in [0, 0.05) is 25.0 Å². The molecule has 0 aliphatic carbocycles. The quantitative estimate of drug-likeness (QED) is 0.779. The number of aromatic nitrogens is 2. The molecule has 1 amide bonds. The van der Waals surface area contributed by atoms with E-state index in [0.717, 1.165) is 0 Å². The fourth-order valence-corrected chi connectivity index (χ4v) is 3.88. The molecule has 0 spiro atoms. The highest BCUT2D eigenvalue weighted by atomic mass is 32.2. The van der Waals surface area contributed by atoms with E-state index in [1.807, 2.05) is 6.92 Å². The highest BCUT2D eigenvalue weighted by molar-refractivity contribution is 7.91. The zero-order chi connectivity index (χ0) is 13.2. The third kappa shape index (κ3) is 2.66. The Kier molecular flexibility index (Phi) is 3.60. The Morgan fingerprint density at radius 3 is 2.78 bits per heavy atom. The van der Waals surface area contributed by atoms with Gasteiger partial charge in [-0.25, -0.2) is 13.4 Å². The Labute approximate surface area is 106 Å². The van der Waals surface area contributed by atoms with Crippen LogP contribution in [0.1, 0.15) is 23.8 Å². The van der Waals surface area contributed by atoms with Crippen LogP contribution >= 0.6 is 0 Å². The van der Waals surface area contributed by atoms with E-state index in [-0.39, 0.29) is 29.1 Å². The molecule has 18 heavy (non-hydrogen) atoms. The van der Waals surface area contributed by atoms with Crippen LogP contribution in [0.15, 0.2) is 18.6 Å². The lowest BCUT2D eigenvalue weighted by Crippen LogP contribution is -2.41. The van der Waals surface area contributed by atoms with E-state index >= 15 is 0 Å². The fraction of sp³-hybridized carbons (Fsp3) is 0.545. The third-order valence-corrected chi connectivity index (χ3v) is 4.78. The average molecular weight is 269 g/mol. The molecule has 1 aromatic heterocycles. The smallest absolute Gasteiger partial charge is 0.274 e. The highest BCUT2D eigenvalue weighted by Crippen LogP contribution is 2.19. The van der Waals surface area contributed by atoms with E-state index < -0.39 is 9.84 Å². The van der Waals surface area contributed by atoms with Gasteiger partial charge >= 0.3 is 0 Å². The van der Waals surface area contributed by atoms with Gasteiger partial charge in [0.15, 0.2) is 9.84 Å². The van der Waals surface area contributed by atoms with Crippen molar-refractivity contribution in [2.24, 2.45) is 0 Å². The van der Waals surface area contributed by atoms with Crippen molar-refractivity contribution in [3.05, 3.63) is 24.3 Å². The molecule has 0 radical (unpaired) electrons. The van der Waals surface area contributed by atoms with Gasteiger partial charge in [0.1, 0.15) is 5.69 Å². The second-order valence-electron chi connectivity index (χ2n) is 4.24. The Morgan fingerprint density at radius 1 is 1.50 bits per heavy atom. The summed E-state index contributed by atoms with van der Waals surface area (Å²) in [7, 11) is -3.00. The molecule has 0 bridgehead atoms. The summed E-state index contributed by atoms with van der Waals surface area (Å²) in [5.74, 6) is -0.0536. The summed E-state index contributed by atoms with van der Waals surface area (Å²) in [5.41, 5.74) is 0.253. The molecule has 98 valence electrons. The number of sulfone groups is 1. The molecule has 0 aromatic carbocycles. The van der Waals surface area contributed by atoms with Gasteiger partial charge in [-0.3, -0.25) is 9.78 Å². The largest absolute Gasteiger partial charge is 0.334 e. The molecular formula is C11H15N3O3S. The van der Waals surface area contributed by atoms with Crippen molar-refractivity contribution >= 4 is 15.7 Å². The Balaban J connectivity index is 2.17. The topological polar surface area (TPSA) is 80.2 Å². The summed E-state index contributed by atoms with van der Waals surface area (Å²) in [4.78, 5) is 21.6. The number of hydrogen-bond acceptors (Lipinski definition) is 5. The molecule has 0 N–H and O–H groups in total. The van der Waals surface area contributed by atoms with E-state index in [2.05, 4.69) is 9.97 Å². The van der Waals surface area contributed by atoms with E-state index in [0.29, 0.717) is 13.0 Å². The lowest BCUT2D eigenvalue weighted by Gasteiger charge is -2.26. The summed E-state index contributed by atoms with van der Waals surface area (Å²) >= 11 is 0. The lowest BCUT2D eigenvalue weighted by atomic mass is 10.2. The van der Waals surface area contributed by atoms with Crippen molar-refractivity contribution in [2.75, 3.05) is 18.1 Å². The van der Waals surface area contributed by atoms with Gasteiger partial charge in [-0.1, -0.05) is 0 Å². The zero-order valence-corrected chi connectivity index (χ0v) is 10.9. The maximum atomic E-state index is 12.2. The van der Waals surface area contributed by atoms with E-state index in [1.54, 1.807) is 4.90 Å². The summed E-state index contributed by atoms with van der Waals surface area (Å²) in [6.07, 6.45) is 4.84. The van der Waals surface area contributed by atoms with E-state index in [1.165, 1.54) is 18.6 Å². The van der Waals surface area contributed by atoms with Gasteiger partial charge in [-0.05, 0) is 13.3 Å². The molecule has 0 saturated carbocycles. The maximum absolute atomic E-state index is 12.2. The van der Waals surface area contributed by atoms with Crippen LogP contribution in [0.3, 0.4) is 0 Å². The molecule has 6 nitrogen and oxygen atoms in total. The predicted molar refractivity (Wildman–Crippen MR) is 65.8 cm³/mol. The monoisotopic (exact) mass is 269 g/mol. The number of nitrogens with zero attached hydrogens (tertiary/aromatic N) is 3. The van der Waals surface area contributed by atoms with Crippen LogP contribution in [0.4, 0.5) is 0 Å². The first kappa shape index (κ1) is 12.9. The van der Waals surface area contributed by atoms with E-state index in [9.17, 15) is 13.2 Å². The number of amides is 1. The standard InChI is InChI=1S/C11H15N3O3S/c1-2-14(9-3-6-18(16,17)8-9)11(15)10-7-12-4-5-13-10/h4-5,7,9H,2-3,6,8H2,1H3. The van der Waals surface area contributed by atoms with Crippen molar-refractivity contribution < 1.29 is 13.2 Å². The first-order valence-electron chi connectivity index (χ1n) is 5.81. The van der Waals surface area contributed by atoms with Crippen LogP contribution in [-0.4, -0.2) is 53.3 Å². The minimum absolute atomic E-state index is 0.0485. The normalized spacial score (nSPS) is 21.7. The SMILES string of the molecule is CCN(C(=O)c1cnccn1)C1CCS(=O)(=O)C1. The predicted octanol–water partition coefficient (Wildman–Crippen LogP) is 0.126. The van der Waals surface area contributed by atoms with Gasteiger partial charge in [0.25, 0.3) is 5.91 Å². The first-order chi connectivity index (χ1) is 8.53. The first-order valence-corrected chi connectivity index (χ1v) is 7.63. The molecule has 1 saturated heterocycles. The van der Waals surface area contributed by atoms with E-state index in [4.69, 9.17) is 0 Å². The van der Waals surface area contributed by atoms with Crippen molar-refractivity contribution in [3.63, 3.8) is 0 Å². The second kappa shape index (κ2) is 5.01. The zero-order valence-electron chi connectivity index (χ0n) is 10.1. The molecule has 1 aliphatic rings. The Morgan fingerprint density at radius 2 is 2.28 bits per heavy atom. The summed E-state index contributed by atoms with van der Waals surface area (Å²) in [6.45, 7) is 2.30. The van der Waals surface area contributed by atoms with Crippen LogP contribution in [0.2, 0.25) is 0 Å². The van der Waals surface area contributed by atoms with Crippen molar-refractivity contribution in [1.29, 1.82) is 0 Å². The highest BCUT2D eigenvalue weighted by Gasteiger charge is 2.34. The van der Waals surface area contributed by atoms with Gasteiger partial charge in [-0.2, -0.15) is 0 Å². The molecule has 7 heteroatoms. The molecule has 1 fully saturated rings. The molecule has 2 heterocycles. The maximum Gasteiger partial charge on any atom is 0.274 e. The van der Waals surface area contributed by atoms with Crippen LogP contribution < -0.4 is 0 Å². The van der Waals surface area contributed by atoms with Crippen molar-refractivity contribution in [3.8, 4) is 0 Å². The minimum Gasteiger partial charge on any atom is -0.334 e. The van der Waals surface area contributed by atoms with Gasteiger partial charge in [0.05, 0.1) is 17.7 Å². The van der Waals surface area contributed by atoms with Gasteiger partial charge < -0.3 is 4.90 Å². The Hall–Kier alpha value is -1.50. The summed E-state index contributed by atoms with van der Waals surface area (Å²) in [5, 5.41) is 0. The number of rotatable bonds is 3. The average Bonchev–Trinajstić information content (AvgIpc) is 2.71. The number of hydrogen-bond donors (Lipinski definition) is 0. The van der Waals surface area contributed by atoms with Crippen LogP contribution in [-0.2, 0) is 9.84 Å². The molecular weight excluding hydrogens is 254 g/mol. The molecule has 1 aliphatic heterocycles. The third-order valence-electron chi connectivity index (χ3n) is 3.03. The van der Waals surface area contributed by atoms with Crippen molar-refractivity contribution in [1.82, 2.24) is 14.9 Å². The minimum atomic E-state index is -3.00. The van der Waals surface area contributed by atoms with Crippen LogP contribution in [0.5, 0.6) is 0 Å². The second-order valence-corrected chi connectivity index (χ2v) is 6.47.